The van der Waals surface area contributed by atoms with Crippen LogP contribution in [0.5, 0.6) is 0 Å². The van der Waals surface area contributed by atoms with Crippen LogP contribution in [-0.4, -0.2) is 15.9 Å². The molecule has 1 heterocycles. The van der Waals surface area contributed by atoms with Gasteiger partial charge < -0.3 is 0 Å². The van der Waals surface area contributed by atoms with Crippen molar-refractivity contribution in [3.63, 3.8) is 0 Å². The number of halogens is 1. The third-order valence-electron chi connectivity index (χ3n) is 2.09. The Morgan fingerprint density at radius 3 is 2.50 bits per heavy atom. The van der Waals surface area contributed by atoms with E-state index in [1.165, 1.54) is 0 Å². The highest BCUT2D eigenvalue weighted by Gasteiger charge is 2.28. The average molecular weight is 214 g/mol. The van der Waals surface area contributed by atoms with Crippen molar-refractivity contribution >= 4 is 17.7 Å². The van der Waals surface area contributed by atoms with Crippen molar-refractivity contribution in [3.05, 3.63) is 16.4 Å². The van der Waals surface area contributed by atoms with E-state index in [0.29, 0.717) is 5.15 Å². The number of aromatic nitrogens is 2. The van der Waals surface area contributed by atoms with Crippen LogP contribution in [-0.2, 0) is 17.4 Å². The van der Waals surface area contributed by atoms with Crippen molar-refractivity contribution in [3.8, 4) is 0 Å². The van der Waals surface area contributed by atoms with Crippen LogP contribution in [0, 0.1) is 6.92 Å². The number of nitrogens with zero attached hydrogens (tertiary/aromatic N) is 3. The van der Waals surface area contributed by atoms with Gasteiger partial charge in [-0.05, 0) is 20.8 Å². The fraction of sp³-hybridized carbons (Fsp3) is 0.556. The Kier molecular flexibility index (Phi) is 2.79. The van der Waals surface area contributed by atoms with E-state index in [1.54, 1.807) is 31.7 Å². The predicted molar refractivity (Wildman–Crippen MR) is 54.1 cm³/mol. The van der Waals surface area contributed by atoms with Gasteiger partial charge in [-0.15, -0.1) is 0 Å². The van der Waals surface area contributed by atoms with Crippen molar-refractivity contribution < 1.29 is 4.79 Å². The Morgan fingerprint density at radius 2 is 2.14 bits per heavy atom. The standard InChI is InChI=1S/C9H12ClN3O/c1-6-7(8(10)13(4)12-6)9(2,3)11-5-14/h1-4H3. The summed E-state index contributed by atoms with van der Waals surface area (Å²) in [5.74, 6) is 0. The van der Waals surface area contributed by atoms with E-state index in [-0.39, 0.29) is 0 Å². The molecule has 1 aromatic rings. The fourth-order valence-electron chi connectivity index (χ4n) is 1.50. The largest absolute Gasteiger partial charge is 0.256 e. The molecule has 0 unspecified atom stereocenters. The van der Waals surface area contributed by atoms with Crippen molar-refractivity contribution in [2.24, 2.45) is 12.0 Å². The Bertz CT molecular complexity index is 402. The normalized spacial score (nSPS) is 11.2. The second-order valence-corrected chi connectivity index (χ2v) is 3.99. The van der Waals surface area contributed by atoms with Crippen LogP contribution in [0.15, 0.2) is 4.99 Å². The Hall–Kier alpha value is -1.12. The van der Waals surface area contributed by atoms with Gasteiger partial charge >= 0.3 is 0 Å². The zero-order valence-corrected chi connectivity index (χ0v) is 9.38. The maximum Gasteiger partial charge on any atom is 0.235 e. The van der Waals surface area contributed by atoms with Crippen molar-refractivity contribution in [2.75, 3.05) is 0 Å². The molecule has 14 heavy (non-hydrogen) atoms. The minimum atomic E-state index is -0.669. The fourth-order valence-corrected chi connectivity index (χ4v) is 1.90. The monoisotopic (exact) mass is 213 g/mol. The van der Waals surface area contributed by atoms with Crippen LogP contribution in [0.3, 0.4) is 0 Å². The molecular formula is C9H12ClN3O. The van der Waals surface area contributed by atoms with Crippen LogP contribution >= 0.6 is 11.6 Å². The van der Waals surface area contributed by atoms with E-state index in [0.717, 1.165) is 11.3 Å². The van der Waals surface area contributed by atoms with Crippen LogP contribution in [0.4, 0.5) is 0 Å². The quantitative estimate of drug-likeness (QED) is 0.557. The van der Waals surface area contributed by atoms with Crippen molar-refractivity contribution in [2.45, 2.75) is 26.3 Å². The lowest BCUT2D eigenvalue weighted by molar-refractivity contribution is 0.521. The molecule has 4 nitrogen and oxygen atoms in total. The maximum atomic E-state index is 10.3. The van der Waals surface area contributed by atoms with E-state index < -0.39 is 5.54 Å². The molecule has 0 fully saturated rings. The molecule has 0 saturated carbocycles. The summed E-state index contributed by atoms with van der Waals surface area (Å²) in [5, 5.41) is 4.66. The van der Waals surface area contributed by atoms with Gasteiger partial charge in [0.05, 0.1) is 11.2 Å². The highest BCUT2D eigenvalue weighted by Crippen LogP contribution is 2.32. The molecule has 0 bridgehead atoms. The number of hydrogen-bond donors (Lipinski definition) is 0. The van der Waals surface area contributed by atoms with E-state index in [1.807, 2.05) is 6.92 Å². The molecule has 0 aliphatic heterocycles. The molecule has 0 amide bonds. The second-order valence-electron chi connectivity index (χ2n) is 3.64. The van der Waals surface area contributed by atoms with Crippen molar-refractivity contribution in [1.29, 1.82) is 0 Å². The Labute approximate surface area is 87.6 Å². The van der Waals surface area contributed by atoms with Gasteiger partial charge in [-0.3, -0.25) is 4.68 Å². The van der Waals surface area contributed by atoms with Gasteiger partial charge in [0, 0.05) is 12.6 Å². The summed E-state index contributed by atoms with van der Waals surface area (Å²) in [6, 6.07) is 0. The Balaban J connectivity index is 3.38. The molecule has 0 saturated heterocycles. The Morgan fingerprint density at radius 1 is 1.57 bits per heavy atom. The predicted octanol–water partition coefficient (Wildman–Crippen LogP) is 1.95. The number of hydrogen-bond acceptors (Lipinski definition) is 3. The zero-order chi connectivity index (χ0) is 10.9. The molecular weight excluding hydrogens is 202 g/mol. The van der Waals surface area contributed by atoms with Gasteiger partial charge in [0.2, 0.25) is 6.08 Å². The first-order valence-corrected chi connectivity index (χ1v) is 4.56. The van der Waals surface area contributed by atoms with Crippen molar-refractivity contribution in [1.82, 2.24) is 9.78 Å². The van der Waals surface area contributed by atoms with Crippen LogP contribution < -0.4 is 0 Å². The number of carbonyl (C=O) groups excluding carboxylic acids is 1. The number of rotatable bonds is 2. The average Bonchev–Trinajstić information content (AvgIpc) is 2.26. The van der Waals surface area contributed by atoms with E-state index in [2.05, 4.69) is 10.1 Å². The maximum absolute atomic E-state index is 10.3. The summed E-state index contributed by atoms with van der Waals surface area (Å²) in [6.45, 7) is 5.44. The molecule has 1 aromatic heterocycles. The third-order valence-corrected chi connectivity index (χ3v) is 2.52. The SMILES string of the molecule is Cc1nn(C)c(Cl)c1C(C)(C)N=C=O. The molecule has 0 aliphatic rings. The topological polar surface area (TPSA) is 47.2 Å². The first-order valence-electron chi connectivity index (χ1n) is 4.18. The number of aryl methyl sites for hydroxylation is 2. The number of isocyanates is 1. The summed E-state index contributed by atoms with van der Waals surface area (Å²) < 4.78 is 1.56. The molecule has 5 heteroatoms. The van der Waals surface area contributed by atoms with Gasteiger partial charge in [0.25, 0.3) is 0 Å². The molecule has 0 N–H and O–H groups in total. The minimum Gasteiger partial charge on any atom is -0.256 e. The number of aliphatic imine (C=N–C) groups is 1. The molecule has 0 radical (unpaired) electrons. The molecule has 76 valence electrons. The minimum absolute atomic E-state index is 0.506. The summed E-state index contributed by atoms with van der Waals surface area (Å²) in [7, 11) is 1.75. The third kappa shape index (κ3) is 1.72. The molecule has 0 aliphatic carbocycles. The van der Waals surface area contributed by atoms with Crippen LogP contribution in [0.1, 0.15) is 25.1 Å². The van der Waals surface area contributed by atoms with Gasteiger partial charge in [0.15, 0.2) is 0 Å². The summed E-state index contributed by atoms with van der Waals surface area (Å²) in [5.41, 5.74) is 0.878. The summed E-state index contributed by atoms with van der Waals surface area (Å²) in [6.07, 6.45) is 1.55. The van der Waals surface area contributed by atoms with Gasteiger partial charge in [-0.25, -0.2) is 4.79 Å². The smallest absolute Gasteiger partial charge is 0.235 e. The lowest BCUT2D eigenvalue weighted by atomic mass is 9.96. The molecule has 0 aromatic carbocycles. The summed E-state index contributed by atoms with van der Waals surface area (Å²) in [4.78, 5) is 14.0. The first kappa shape index (κ1) is 11.0. The molecule has 1 rings (SSSR count). The first-order chi connectivity index (χ1) is 6.40. The van der Waals surface area contributed by atoms with Gasteiger partial charge in [0.1, 0.15) is 5.15 Å². The van der Waals surface area contributed by atoms with E-state index in [4.69, 9.17) is 11.6 Å². The second kappa shape index (κ2) is 3.56. The van der Waals surface area contributed by atoms with E-state index >= 15 is 0 Å². The highest BCUT2D eigenvalue weighted by molar-refractivity contribution is 6.30. The van der Waals surface area contributed by atoms with Crippen LogP contribution in [0.2, 0.25) is 5.15 Å². The lowest BCUT2D eigenvalue weighted by Gasteiger charge is -2.17. The lowest BCUT2D eigenvalue weighted by Crippen LogP contribution is -2.14. The zero-order valence-electron chi connectivity index (χ0n) is 8.63. The van der Waals surface area contributed by atoms with Gasteiger partial charge in [-0.2, -0.15) is 10.1 Å². The van der Waals surface area contributed by atoms with Gasteiger partial charge in [-0.1, -0.05) is 11.6 Å². The molecule has 0 spiro atoms. The summed E-state index contributed by atoms with van der Waals surface area (Å²) >= 11 is 6.04. The highest BCUT2D eigenvalue weighted by atomic mass is 35.5. The van der Waals surface area contributed by atoms with Crippen LogP contribution in [0.25, 0.3) is 0 Å². The van der Waals surface area contributed by atoms with E-state index in [9.17, 15) is 4.79 Å². The molecule has 0 atom stereocenters.